The standard InChI is InChI=1S/C21H25FN2O4/c1-21(2,3)28-20(27)23-11-13(10-22)18(25)12-7-8-17-16(9-12)14-5-4-6-15(14)19(26)24-17/h7-10,18,25H,4-6,11H2,1-3H3,(H,23,27)(H,24,26)/b13-10+. The molecule has 1 aliphatic carbocycles. The van der Waals surface area contributed by atoms with E-state index in [2.05, 4.69) is 10.3 Å². The SMILES string of the molecule is CC(C)(C)OC(=O)NC/C(=C\F)C(O)c1ccc2[nH]c(=O)c3c(c2c1)CCC3. The molecule has 2 aromatic rings. The minimum atomic E-state index is -1.23. The zero-order chi connectivity index (χ0) is 20.5. The first kappa shape index (κ1) is 20.1. The van der Waals surface area contributed by atoms with Crippen LogP contribution in [0.2, 0.25) is 0 Å². The summed E-state index contributed by atoms with van der Waals surface area (Å²) in [6.45, 7) is 5.00. The number of carbonyl (C=O) groups excluding carboxylic acids is 1. The third-order valence-corrected chi connectivity index (χ3v) is 4.75. The lowest BCUT2D eigenvalue weighted by molar-refractivity contribution is 0.0529. The first-order valence-electron chi connectivity index (χ1n) is 9.31. The Morgan fingerprint density at radius 2 is 2.07 bits per heavy atom. The van der Waals surface area contributed by atoms with Crippen molar-refractivity contribution in [2.24, 2.45) is 0 Å². The fourth-order valence-corrected chi connectivity index (χ4v) is 3.48. The zero-order valence-corrected chi connectivity index (χ0v) is 16.3. The third kappa shape index (κ3) is 4.25. The minimum Gasteiger partial charge on any atom is -0.444 e. The Kier molecular flexibility index (Phi) is 5.56. The number of aliphatic hydroxyl groups excluding tert-OH is 1. The van der Waals surface area contributed by atoms with Gasteiger partial charge < -0.3 is 20.1 Å². The molecular weight excluding hydrogens is 363 g/mol. The second-order valence-electron chi connectivity index (χ2n) is 8.01. The average Bonchev–Trinajstić information content (AvgIpc) is 3.11. The lowest BCUT2D eigenvalue weighted by Crippen LogP contribution is -2.34. The molecule has 0 aliphatic heterocycles. The maximum atomic E-state index is 13.4. The number of carbonyl (C=O) groups is 1. The molecule has 28 heavy (non-hydrogen) atoms. The number of H-pyrrole nitrogens is 1. The number of ether oxygens (including phenoxy) is 1. The molecule has 7 heteroatoms. The molecule has 0 saturated carbocycles. The number of hydrogen-bond donors (Lipinski definition) is 3. The maximum absolute atomic E-state index is 13.4. The van der Waals surface area contributed by atoms with Crippen molar-refractivity contribution in [3.05, 3.63) is 57.1 Å². The predicted octanol–water partition coefficient (Wildman–Crippen LogP) is 3.43. The molecule has 3 rings (SSSR count). The fourth-order valence-electron chi connectivity index (χ4n) is 3.48. The number of benzene rings is 1. The Balaban J connectivity index is 1.82. The number of aromatic amines is 1. The summed E-state index contributed by atoms with van der Waals surface area (Å²) in [6.07, 6.45) is 0.842. The Labute approximate surface area is 162 Å². The minimum absolute atomic E-state index is 0.00581. The van der Waals surface area contributed by atoms with Crippen LogP contribution >= 0.6 is 0 Å². The number of halogens is 1. The normalized spacial score (nSPS) is 15.4. The number of amides is 1. The second-order valence-corrected chi connectivity index (χ2v) is 8.01. The molecule has 1 aromatic carbocycles. The number of fused-ring (bicyclic) bond motifs is 3. The van der Waals surface area contributed by atoms with Gasteiger partial charge in [-0.2, -0.15) is 0 Å². The molecule has 0 spiro atoms. The van der Waals surface area contributed by atoms with Crippen LogP contribution < -0.4 is 10.9 Å². The summed E-state index contributed by atoms with van der Waals surface area (Å²) in [5.74, 6) is 0. The third-order valence-electron chi connectivity index (χ3n) is 4.75. The van der Waals surface area contributed by atoms with Crippen LogP contribution in [-0.4, -0.2) is 28.3 Å². The number of pyridine rings is 1. The van der Waals surface area contributed by atoms with Crippen LogP contribution in [0, 0.1) is 0 Å². The summed E-state index contributed by atoms with van der Waals surface area (Å²) in [4.78, 5) is 26.8. The molecule has 0 bridgehead atoms. The van der Waals surface area contributed by atoms with Crippen molar-refractivity contribution in [2.75, 3.05) is 6.54 Å². The van der Waals surface area contributed by atoms with Crippen molar-refractivity contribution >= 4 is 17.0 Å². The average molecular weight is 388 g/mol. The van der Waals surface area contributed by atoms with Crippen LogP contribution in [0.4, 0.5) is 9.18 Å². The first-order valence-corrected chi connectivity index (χ1v) is 9.31. The molecule has 6 nitrogen and oxygen atoms in total. The molecule has 1 atom stereocenters. The molecule has 1 aliphatic rings. The fraction of sp³-hybridized carbons (Fsp3) is 0.429. The van der Waals surface area contributed by atoms with Crippen molar-refractivity contribution in [3.63, 3.8) is 0 Å². The molecule has 0 radical (unpaired) electrons. The van der Waals surface area contributed by atoms with E-state index in [0.29, 0.717) is 17.4 Å². The maximum Gasteiger partial charge on any atom is 0.407 e. The van der Waals surface area contributed by atoms with Gasteiger partial charge in [0.15, 0.2) is 0 Å². The van der Waals surface area contributed by atoms with Crippen LogP contribution in [0.5, 0.6) is 0 Å². The number of hydrogen-bond acceptors (Lipinski definition) is 4. The quantitative estimate of drug-likeness (QED) is 0.748. The second kappa shape index (κ2) is 7.75. The van der Waals surface area contributed by atoms with Crippen LogP contribution in [-0.2, 0) is 17.6 Å². The van der Waals surface area contributed by atoms with E-state index in [1.807, 2.05) is 0 Å². The van der Waals surface area contributed by atoms with Gasteiger partial charge in [0, 0.05) is 28.6 Å². The Hall–Kier alpha value is -2.67. The van der Waals surface area contributed by atoms with E-state index in [-0.39, 0.29) is 17.7 Å². The van der Waals surface area contributed by atoms with Gasteiger partial charge in [0.1, 0.15) is 11.7 Å². The molecule has 1 aromatic heterocycles. The highest BCUT2D eigenvalue weighted by atomic mass is 19.1. The van der Waals surface area contributed by atoms with E-state index in [1.54, 1.807) is 39.0 Å². The van der Waals surface area contributed by atoms with E-state index < -0.39 is 17.8 Å². The zero-order valence-electron chi connectivity index (χ0n) is 16.3. The molecule has 1 unspecified atom stereocenters. The van der Waals surface area contributed by atoms with Crippen molar-refractivity contribution in [1.82, 2.24) is 10.3 Å². The van der Waals surface area contributed by atoms with Crippen LogP contribution in [0.3, 0.4) is 0 Å². The molecule has 150 valence electrons. The van der Waals surface area contributed by atoms with Gasteiger partial charge in [-0.1, -0.05) is 6.07 Å². The molecule has 0 saturated heterocycles. The number of rotatable bonds is 4. The van der Waals surface area contributed by atoms with Gasteiger partial charge in [-0.25, -0.2) is 9.18 Å². The predicted molar refractivity (Wildman–Crippen MR) is 105 cm³/mol. The first-order chi connectivity index (χ1) is 13.2. The van der Waals surface area contributed by atoms with Crippen LogP contribution in [0.1, 0.15) is 50.0 Å². The molecular formula is C21H25FN2O4. The highest BCUT2D eigenvalue weighted by Crippen LogP contribution is 2.30. The topological polar surface area (TPSA) is 91.4 Å². The number of nitrogens with one attached hydrogen (secondary N) is 2. The van der Waals surface area contributed by atoms with Gasteiger partial charge in [0.25, 0.3) is 5.56 Å². The van der Waals surface area contributed by atoms with Gasteiger partial charge in [-0.3, -0.25) is 4.79 Å². The summed E-state index contributed by atoms with van der Waals surface area (Å²) in [5, 5.41) is 13.9. The van der Waals surface area contributed by atoms with Crippen LogP contribution in [0.15, 0.2) is 34.9 Å². The lowest BCUT2D eigenvalue weighted by atomic mass is 9.97. The van der Waals surface area contributed by atoms with Gasteiger partial charge >= 0.3 is 6.09 Å². The Morgan fingerprint density at radius 1 is 1.36 bits per heavy atom. The number of aliphatic hydroxyl groups is 1. The van der Waals surface area contributed by atoms with E-state index in [1.165, 1.54) is 0 Å². The summed E-state index contributed by atoms with van der Waals surface area (Å²) in [7, 11) is 0. The monoisotopic (exact) mass is 388 g/mol. The van der Waals surface area contributed by atoms with Gasteiger partial charge in [0.2, 0.25) is 0 Å². The summed E-state index contributed by atoms with van der Waals surface area (Å²) >= 11 is 0. The summed E-state index contributed by atoms with van der Waals surface area (Å²) < 4.78 is 18.5. The number of aromatic nitrogens is 1. The van der Waals surface area contributed by atoms with Crippen molar-refractivity contribution in [2.45, 2.75) is 51.7 Å². The largest absolute Gasteiger partial charge is 0.444 e. The molecule has 0 fully saturated rings. The van der Waals surface area contributed by atoms with Gasteiger partial charge in [-0.15, -0.1) is 0 Å². The van der Waals surface area contributed by atoms with Gasteiger partial charge in [-0.05, 0) is 63.3 Å². The highest BCUT2D eigenvalue weighted by molar-refractivity contribution is 5.84. The molecule has 1 amide bonds. The van der Waals surface area contributed by atoms with E-state index in [4.69, 9.17) is 4.74 Å². The summed E-state index contributed by atoms with van der Waals surface area (Å²) in [6, 6.07) is 5.13. The van der Waals surface area contributed by atoms with E-state index in [9.17, 15) is 19.1 Å². The van der Waals surface area contributed by atoms with Crippen molar-refractivity contribution in [3.8, 4) is 0 Å². The number of alkyl carbamates (subject to hydrolysis) is 1. The van der Waals surface area contributed by atoms with E-state index >= 15 is 0 Å². The van der Waals surface area contributed by atoms with Crippen molar-refractivity contribution < 1.29 is 19.0 Å². The van der Waals surface area contributed by atoms with Crippen LogP contribution in [0.25, 0.3) is 10.9 Å². The van der Waals surface area contributed by atoms with Gasteiger partial charge in [0.05, 0.1) is 6.33 Å². The summed E-state index contributed by atoms with van der Waals surface area (Å²) in [5.41, 5.74) is 2.23. The molecule has 3 N–H and O–H groups in total. The highest BCUT2D eigenvalue weighted by Gasteiger charge is 2.21. The lowest BCUT2D eigenvalue weighted by Gasteiger charge is -2.21. The Bertz CT molecular complexity index is 988. The van der Waals surface area contributed by atoms with E-state index in [0.717, 1.165) is 35.8 Å². The molecule has 1 heterocycles. The van der Waals surface area contributed by atoms with Crippen molar-refractivity contribution in [1.29, 1.82) is 0 Å². The Morgan fingerprint density at radius 3 is 2.75 bits per heavy atom. The smallest absolute Gasteiger partial charge is 0.407 e. The number of aryl methyl sites for hydroxylation is 1.